The number of carbonyl (C=O) groups excluding carboxylic acids is 2. The lowest BCUT2D eigenvalue weighted by Crippen LogP contribution is -2.45. The van der Waals surface area contributed by atoms with E-state index in [2.05, 4.69) is 16.0 Å². The molecule has 1 rings (SSSR count). The number of guanidine groups is 1. The van der Waals surface area contributed by atoms with Gasteiger partial charge in [-0.2, -0.15) is 0 Å². The first kappa shape index (κ1) is 23.2. The first-order valence-electron chi connectivity index (χ1n) is 9.55. The third-order valence-electron chi connectivity index (χ3n) is 4.35. The van der Waals surface area contributed by atoms with E-state index in [0.29, 0.717) is 43.6 Å². The van der Waals surface area contributed by atoms with E-state index in [1.807, 2.05) is 19.9 Å². The van der Waals surface area contributed by atoms with Gasteiger partial charge < -0.3 is 33.2 Å². The van der Waals surface area contributed by atoms with Gasteiger partial charge in [-0.25, -0.2) is 0 Å². The fraction of sp³-hybridized carbons (Fsp3) is 0.526. The Bertz CT molecular complexity index is 678. The van der Waals surface area contributed by atoms with Gasteiger partial charge >= 0.3 is 0 Å². The van der Waals surface area contributed by atoms with Gasteiger partial charge in [-0.15, -0.1) is 0 Å². The van der Waals surface area contributed by atoms with Crippen LogP contribution in [0, 0.1) is 5.41 Å². The standard InChI is InChI=1S/C19H33N7O2/c1-3-13-11-14(20)6-7-15(13)17(27)24-10-8-12(2)26-18(28)16(21)5-4-9-25-19(22)23/h6-7,11-12,16H,3-5,8-10,20-21H2,1-2H3,(H,24,27)(H,26,28)(H4,22,23,25)/t12-,16+/m1/s1. The molecule has 0 heterocycles. The topological polar surface area (TPSA) is 172 Å². The summed E-state index contributed by atoms with van der Waals surface area (Å²) in [6.45, 7) is 4.78. The van der Waals surface area contributed by atoms with Crippen molar-refractivity contribution in [3.8, 4) is 0 Å². The fourth-order valence-corrected chi connectivity index (χ4v) is 2.72. The maximum atomic E-state index is 12.4. The van der Waals surface area contributed by atoms with Crippen molar-refractivity contribution in [3.05, 3.63) is 29.3 Å². The normalized spacial score (nSPS) is 12.7. The molecule has 156 valence electrons. The van der Waals surface area contributed by atoms with Crippen LogP contribution >= 0.6 is 0 Å². The highest BCUT2D eigenvalue weighted by molar-refractivity contribution is 5.96. The zero-order valence-corrected chi connectivity index (χ0v) is 16.7. The molecule has 0 fully saturated rings. The van der Waals surface area contributed by atoms with Crippen LogP contribution in [0.1, 0.15) is 49.0 Å². The lowest BCUT2D eigenvalue weighted by Gasteiger charge is -2.18. The third-order valence-corrected chi connectivity index (χ3v) is 4.35. The Morgan fingerprint density at radius 2 is 1.89 bits per heavy atom. The van der Waals surface area contributed by atoms with Crippen LogP contribution in [0.4, 0.5) is 5.69 Å². The van der Waals surface area contributed by atoms with Gasteiger partial charge in [-0.05, 0) is 56.4 Å². The summed E-state index contributed by atoms with van der Waals surface area (Å²) in [6, 6.07) is 4.52. The minimum Gasteiger partial charge on any atom is -0.399 e. The Labute approximate surface area is 166 Å². The second kappa shape index (κ2) is 11.8. The highest BCUT2D eigenvalue weighted by Gasteiger charge is 2.16. The highest BCUT2D eigenvalue weighted by Crippen LogP contribution is 2.14. The molecule has 9 nitrogen and oxygen atoms in total. The summed E-state index contributed by atoms with van der Waals surface area (Å²) in [5.74, 6) is -0.475. The molecule has 0 spiro atoms. The molecule has 0 saturated heterocycles. The highest BCUT2D eigenvalue weighted by atomic mass is 16.2. The van der Waals surface area contributed by atoms with Crippen LogP contribution in [-0.2, 0) is 11.2 Å². The largest absolute Gasteiger partial charge is 0.399 e. The van der Waals surface area contributed by atoms with Gasteiger partial charge in [-0.1, -0.05) is 6.92 Å². The second-order valence-electron chi connectivity index (χ2n) is 6.81. The first-order valence-corrected chi connectivity index (χ1v) is 9.55. The third kappa shape index (κ3) is 8.26. The SMILES string of the molecule is CCc1cc(N)ccc1C(=O)NCC[C@@H](C)NC(=O)[C@@H](N)CCCNC(=N)N. The van der Waals surface area contributed by atoms with Gasteiger partial charge in [0.1, 0.15) is 0 Å². The van der Waals surface area contributed by atoms with Crippen molar-refractivity contribution in [3.63, 3.8) is 0 Å². The van der Waals surface area contributed by atoms with Gasteiger partial charge in [0.15, 0.2) is 5.96 Å². The monoisotopic (exact) mass is 391 g/mol. The Morgan fingerprint density at radius 1 is 1.18 bits per heavy atom. The number of amides is 2. The van der Waals surface area contributed by atoms with Crippen molar-refractivity contribution in [1.29, 1.82) is 5.41 Å². The van der Waals surface area contributed by atoms with Gasteiger partial charge in [-0.3, -0.25) is 15.0 Å². The molecule has 0 bridgehead atoms. The number of nitrogens with one attached hydrogen (secondary N) is 4. The summed E-state index contributed by atoms with van der Waals surface area (Å²) in [5, 5.41) is 15.5. The molecule has 1 aromatic rings. The molecule has 2 atom stereocenters. The maximum Gasteiger partial charge on any atom is 0.251 e. The van der Waals surface area contributed by atoms with Crippen LogP contribution in [0.2, 0.25) is 0 Å². The number of carbonyl (C=O) groups is 2. The summed E-state index contributed by atoms with van der Waals surface area (Å²) in [6.07, 6.45) is 2.44. The molecule has 0 aliphatic rings. The molecule has 2 amide bonds. The molecule has 0 radical (unpaired) electrons. The van der Waals surface area contributed by atoms with Crippen molar-refractivity contribution in [2.45, 2.75) is 51.6 Å². The van der Waals surface area contributed by atoms with Crippen LogP contribution in [0.25, 0.3) is 0 Å². The van der Waals surface area contributed by atoms with Gasteiger partial charge in [0.05, 0.1) is 6.04 Å². The summed E-state index contributed by atoms with van der Waals surface area (Å²) in [4.78, 5) is 24.4. The van der Waals surface area contributed by atoms with Gasteiger partial charge in [0, 0.05) is 30.4 Å². The van der Waals surface area contributed by atoms with Crippen LogP contribution < -0.4 is 33.2 Å². The number of anilines is 1. The summed E-state index contributed by atoms with van der Waals surface area (Å²) < 4.78 is 0. The predicted octanol–water partition coefficient (Wildman–Crippen LogP) is 0.0464. The summed E-state index contributed by atoms with van der Waals surface area (Å²) in [5.41, 5.74) is 19.0. The number of benzene rings is 1. The van der Waals surface area contributed by atoms with E-state index in [-0.39, 0.29) is 23.8 Å². The average Bonchev–Trinajstić information content (AvgIpc) is 2.64. The first-order chi connectivity index (χ1) is 13.2. The van der Waals surface area contributed by atoms with Crippen molar-refractivity contribution < 1.29 is 9.59 Å². The average molecular weight is 392 g/mol. The number of nitrogen functional groups attached to an aromatic ring is 1. The number of hydrogen-bond acceptors (Lipinski definition) is 5. The number of nitrogens with two attached hydrogens (primary N) is 3. The summed E-state index contributed by atoms with van der Waals surface area (Å²) in [7, 11) is 0. The van der Waals surface area contributed by atoms with E-state index in [0.717, 1.165) is 12.0 Å². The van der Waals surface area contributed by atoms with E-state index >= 15 is 0 Å². The van der Waals surface area contributed by atoms with E-state index in [4.69, 9.17) is 22.6 Å². The van der Waals surface area contributed by atoms with Crippen molar-refractivity contribution in [2.24, 2.45) is 11.5 Å². The Morgan fingerprint density at radius 3 is 2.54 bits per heavy atom. The fourth-order valence-electron chi connectivity index (χ4n) is 2.72. The van der Waals surface area contributed by atoms with Crippen LogP contribution in [-0.4, -0.2) is 42.9 Å². The zero-order valence-electron chi connectivity index (χ0n) is 16.7. The van der Waals surface area contributed by atoms with E-state index in [1.54, 1.807) is 12.1 Å². The smallest absolute Gasteiger partial charge is 0.251 e. The molecule has 9 heteroatoms. The number of hydrogen-bond donors (Lipinski definition) is 7. The van der Waals surface area contributed by atoms with E-state index in [1.165, 1.54) is 0 Å². The zero-order chi connectivity index (χ0) is 21.1. The molecule has 0 saturated carbocycles. The number of aryl methyl sites for hydroxylation is 1. The van der Waals surface area contributed by atoms with Crippen LogP contribution in [0.3, 0.4) is 0 Å². The van der Waals surface area contributed by atoms with Gasteiger partial charge in [0.25, 0.3) is 5.91 Å². The molecule has 1 aromatic carbocycles. The minimum atomic E-state index is -0.618. The molecule has 0 aliphatic carbocycles. The maximum absolute atomic E-state index is 12.4. The lowest BCUT2D eigenvalue weighted by atomic mass is 10.0. The van der Waals surface area contributed by atoms with Crippen LogP contribution in [0.5, 0.6) is 0 Å². The molecular formula is C19H33N7O2. The molecule has 28 heavy (non-hydrogen) atoms. The number of rotatable bonds is 11. The quantitative estimate of drug-likeness (QED) is 0.121. The Balaban J connectivity index is 2.34. The Kier molecular flexibility index (Phi) is 9.80. The molecule has 10 N–H and O–H groups in total. The van der Waals surface area contributed by atoms with Crippen molar-refractivity contribution >= 4 is 23.5 Å². The lowest BCUT2D eigenvalue weighted by molar-refractivity contribution is -0.123. The summed E-state index contributed by atoms with van der Waals surface area (Å²) >= 11 is 0. The minimum absolute atomic E-state index is 0.0984. The van der Waals surface area contributed by atoms with Crippen molar-refractivity contribution in [2.75, 3.05) is 18.8 Å². The van der Waals surface area contributed by atoms with Crippen LogP contribution in [0.15, 0.2) is 18.2 Å². The Hall–Kier alpha value is -2.81. The predicted molar refractivity (Wildman–Crippen MR) is 112 cm³/mol. The van der Waals surface area contributed by atoms with Gasteiger partial charge in [0.2, 0.25) is 5.91 Å². The van der Waals surface area contributed by atoms with E-state index in [9.17, 15) is 9.59 Å². The second-order valence-corrected chi connectivity index (χ2v) is 6.81. The molecule has 0 aliphatic heterocycles. The molecule has 0 aromatic heterocycles. The molecule has 0 unspecified atom stereocenters. The molecular weight excluding hydrogens is 358 g/mol. The van der Waals surface area contributed by atoms with E-state index < -0.39 is 6.04 Å². The van der Waals surface area contributed by atoms with Crippen molar-refractivity contribution in [1.82, 2.24) is 16.0 Å².